The van der Waals surface area contributed by atoms with Crippen LogP contribution in [0.5, 0.6) is 5.75 Å². The molecule has 114 valence electrons. The van der Waals surface area contributed by atoms with Crippen LogP contribution in [0.15, 0.2) is 59.2 Å². The van der Waals surface area contributed by atoms with Crippen LogP contribution in [0.4, 0.5) is 5.69 Å². The van der Waals surface area contributed by atoms with Gasteiger partial charge in [0, 0.05) is 17.2 Å². The summed E-state index contributed by atoms with van der Waals surface area (Å²) in [5.74, 6) is -1.07. The van der Waals surface area contributed by atoms with Gasteiger partial charge >= 0.3 is 11.7 Å². The number of hydrogen-bond acceptors (Lipinski definition) is 6. The van der Waals surface area contributed by atoms with Crippen LogP contribution in [0.3, 0.4) is 0 Å². The van der Waals surface area contributed by atoms with Crippen LogP contribution in [0.1, 0.15) is 11.1 Å². The molecule has 0 fully saturated rings. The topological polar surface area (TPSA) is 102 Å². The zero-order chi connectivity index (χ0) is 16.4. The van der Waals surface area contributed by atoms with Crippen molar-refractivity contribution in [3.63, 3.8) is 0 Å². The number of carbonyl (C=O) groups excluding carboxylic acids is 1. The number of nitro groups is 1. The summed E-state index contributed by atoms with van der Waals surface area (Å²) in [6.45, 7) is 0. The van der Waals surface area contributed by atoms with E-state index in [0.29, 0.717) is 5.56 Å². The third-order valence-corrected chi connectivity index (χ3v) is 3.18. The number of cyclic esters (lactones) is 1. The Balaban J connectivity index is 2.00. The third-order valence-electron chi connectivity index (χ3n) is 3.18. The molecule has 1 aliphatic rings. The molecule has 0 aliphatic carbocycles. The summed E-state index contributed by atoms with van der Waals surface area (Å²) in [6, 6.07) is 12.9. The highest BCUT2D eigenvalue weighted by Gasteiger charge is 2.25. The number of carbonyl (C=O) groups is 1. The Kier molecular flexibility index (Phi) is 3.60. The van der Waals surface area contributed by atoms with Gasteiger partial charge in [-0.15, -0.1) is 0 Å². The minimum Gasteiger partial charge on any atom is -0.502 e. The molecule has 2 aromatic rings. The Hall–Kier alpha value is -3.48. The molecule has 0 unspecified atom stereocenters. The highest BCUT2D eigenvalue weighted by atomic mass is 16.6. The standard InChI is InChI=1S/C16H10N2O5/c19-14-11(7-4-8-13(14)18(21)22)9-12-16(20)23-15(17-12)10-5-2-1-3-6-10/h1-9,19H/b12-9-. The Morgan fingerprint density at radius 1 is 1.13 bits per heavy atom. The van der Waals surface area contributed by atoms with Crippen LogP contribution in [-0.4, -0.2) is 21.9 Å². The fourth-order valence-electron chi connectivity index (χ4n) is 2.07. The SMILES string of the molecule is O=C1OC(c2ccccc2)=N/C1=C\c1cccc([N+](=O)[O-])c1O. The van der Waals surface area contributed by atoms with Crippen LogP contribution in [-0.2, 0) is 9.53 Å². The van der Waals surface area contributed by atoms with Gasteiger partial charge in [0.2, 0.25) is 11.6 Å². The van der Waals surface area contributed by atoms with Crippen LogP contribution in [0.2, 0.25) is 0 Å². The molecule has 1 heterocycles. The second kappa shape index (κ2) is 5.72. The third kappa shape index (κ3) is 2.80. The minimum absolute atomic E-state index is 0.0420. The molecule has 0 aromatic heterocycles. The molecule has 0 radical (unpaired) electrons. The average molecular weight is 310 g/mol. The number of nitro benzene ring substituents is 1. The molecule has 23 heavy (non-hydrogen) atoms. The average Bonchev–Trinajstić information content (AvgIpc) is 2.91. The van der Waals surface area contributed by atoms with Crippen LogP contribution in [0.25, 0.3) is 6.08 Å². The number of hydrogen-bond donors (Lipinski definition) is 1. The van der Waals surface area contributed by atoms with Crippen molar-refractivity contribution in [1.82, 2.24) is 0 Å². The number of ether oxygens (including phenoxy) is 1. The molecule has 0 spiro atoms. The number of rotatable bonds is 3. The number of esters is 1. The van der Waals surface area contributed by atoms with Crippen molar-refractivity contribution >= 4 is 23.6 Å². The van der Waals surface area contributed by atoms with Crippen molar-refractivity contribution in [2.75, 3.05) is 0 Å². The lowest BCUT2D eigenvalue weighted by Crippen LogP contribution is -2.04. The smallest absolute Gasteiger partial charge is 0.363 e. The predicted molar refractivity (Wildman–Crippen MR) is 81.8 cm³/mol. The maximum Gasteiger partial charge on any atom is 0.363 e. The first-order chi connectivity index (χ1) is 11.1. The molecule has 0 amide bonds. The molecule has 3 rings (SSSR count). The largest absolute Gasteiger partial charge is 0.502 e. The number of nitrogens with zero attached hydrogens (tertiary/aromatic N) is 2. The highest BCUT2D eigenvalue weighted by Crippen LogP contribution is 2.31. The lowest BCUT2D eigenvalue weighted by Gasteiger charge is -2.00. The molecule has 2 aromatic carbocycles. The Labute approximate surface area is 130 Å². The van der Waals surface area contributed by atoms with Gasteiger partial charge in [-0.05, 0) is 18.2 Å². The summed E-state index contributed by atoms with van der Waals surface area (Å²) in [5, 5.41) is 20.7. The number of para-hydroxylation sites is 1. The predicted octanol–water partition coefficient (Wildman–Crippen LogP) is 2.64. The van der Waals surface area contributed by atoms with Crippen molar-refractivity contribution in [1.29, 1.82) is 0 Å². The van der Waals surface area contributed by atoms with E-state index in [4.69, 9.17) is 4.74 Å². The molecule has 0 saturated heterocycles. The van der Waals surface area contributed by atoms with Crippen LogP contribution >= 0.6 is 0 Å². The van der Waals surface area contributed by atoms with Gasteiger partial charge in [-0.1, -0.05) is 30.3 Å². The molecule has 0 saturated carbocycles. The second-order valence-electron chi connectivity index (χ2n) is 4.67. The molecule has 7 heteroatoms. The van der Waals surface area contributed by atoms with E-state index in [9.17, 15) is 20.0 Å². The molecule has 1 aliphatic heterocycles. The Morgan fingerprint density at radius 2 is 1.87 bits per heavy atom. The van der Waals surface area contributed by atoms with Gasteiger partial charge in [-0.2, -0.15) is 0 Å². The summed E-state index contributed by atoms with van der Waals surface area (Å²) in [6.07, 6.45) is 1.25. The maximum absolute atomic E-state index is 11.9. The van der Waals surface area contributed by atoms with Gasteiger partial charge in [0.05, 0.1) is 4.92 Å². The molecule has 0 bridgehead atoms. The lowest BCUT2D eigenvalue weighted by atomic mass is 10.1. The summed E-state index contributed by atoms with van der Waals surface area (Å²) >= 11 is 0. The Morgan fingerprint density at radius 3 is 2.57 bits per heavy atom. The van der Waals surface area contributed by atoms with E-state index in [2.05, 4.69) is 4.99 Å². The quantitative estimate of drug-likeness (QED) is 0.406. The van der Waals surface area contributed by atoms with E-state index in [1.165, 1.54) is 24.3 Å². The van der Waals surface area contributed by atoms with Crippen LogP contribution in [0, 0.1) is 10.1 Å². The first-order valence-corrected chi connectivity index (χ1v) is 6.60. The molecule has 1 N–H and O–H groups in total. The minimum atomic E-state index is -0.705. The number of aromatic hydroxyl groups is 1. The van der Waals surface area contributed by atoms with Crippen molar-refractivity contribution < 1.29 is 19.6 Å². The molecular weight excluding hydrogens is 300 g/mol. The number of phenols is 1. The van der Waals surface area contributed by atoms with E-state index in [1.54, 1.807) is 24.3 Å². The molecule has 7 nitrogen and oxygen atoms in total. The monoisotopic (exact) mass is 310 g/mol. The molecular formula is C16H10N2O5. The van der Waals surface area contributed by atoms with E-state index in [0.717, 1.165) is 0 Å². The zero-order valence-electron chi connectivity index (χ0n) is 11.7. The Bertz CT molecular complexity index is 856. The van der Waals surface area contributed by atoms with E-state index < -0.39 is 22.3 Å². The van der Waals surface area contributed by atoms with Crippen molar-refractivity contribution in [2.24, 2.45) is 4.99 Å². The number of phenolic OH excluding ortho intramolecular Hbond substituents is 1. The van der Waals surface area contributed by atoms with E-state index >= 15 is 0 Å². The van der Waals surface area contributed by atoms with Gasteiger partial charge in [0.15, 0.2) is 5.70 Å². The number of benzene rings is 2. The first-order valence-electron chi connectivity index (χ1n) is 6.60. The molecule has 0 atom stereocenters. The highest BCUT2D eigenvalue weighted by molar-refractivity contribution is 6.12. The first kappa shape index (κ1) is 14.5. The van der Waals surface area contributed by atoms with Gasteiger partial charge in [-0.3, -0.25) is 10.1 Å². The van der Waals surface area contributed by atoms with E-state index in [1.807, 2.05) is 6.07 Å². The summed E-state index contributed by atoms with van der Waals surface area (Å²) in [5.41, 5.74) is 0.259. The maximum atomic E-state index is 11.9. The lowest BCUT2D eigenvalue weighted by molar-refractivity contribution is -0.385. The van der Waals surface area contributed by atoms with E-state index in [-0.39, 0.29) is 17.2 Å². The zero-order valence-corrected chi connectivity index (χ0v) is 11.7. The summed E-state index contributed by atoms with van der Waals surface area (Å²) in [7, 11) is 0. The van der Waals surface area contributed by atoms with Gasteiger partial charge in [0.1, 0.15) is 0 Å². The summed E-state index contributed by atoms with van der Waals surface area (Å²) < 4.78 is 5.08. The van der Waals surface area contributed by atoms with Gasteiger partial charge < -0.3 is 9.84 Å². The van der Waals surface area contributed by atoms with Crippen molar-refractivity contribution in [2.45, 2.75) is 0 Å². The van der Waals surface area contributed by atoms with Crippen LogP contribution < -0.4 is 0 Å². The van der Waals surface area contributed by atoms with Gasteiger partial charge in [0.25, 0.3) is 0 Å². The fourth-order valence-corrected chi connectivity index (χ4v) is 2.07. The normalized spacial score (nSPS) is 15.4. The van der Waals surface area contributed by atoms with Crippen molar-refractivity contribution in [3.8, 4) is 5.75 Å². The van der Waals surface area contributed by atoms with Gasteiger partial charge in [-0.25, -0.2) is 9.79 Å². The summed E-state index contributed by atoms with van der Waals surface area (Å²) in [4.78, 5) is 26.1. The van der Waals surface area contributed by atoms with Crippen molar-refractivity contribution in [3.05, 3.63) is 75.5 Å². The number of aliphatic imine (C=N–C) groups is 1. The fraction of sp³-hybridized carbons (Fsp3) is 0. The second-order valence-corrected chi connectivity index (χ2v) is 4.67.